The Morgan fingerprint density at radius 2 is 2.07 bits per heavy atom. The third-order valence-corrected chi connectivity index (χ3v) is 2.12. The summed E-state index contributed by atoms with van der Waals surface area (Å²) in [6.45, 7) is 4.03. The van der Waals surface area contributed by atoms with E-state index in [1.54, 1.807) is 24.5 Å². The topological polar surface area (TPSA) is 65.2 Å². The summed E-state index contributed by atoms with van der Waals surface area (Å²) in [5.74, 6) is -0.267. The zero-order valence-corrected chi connectivity index (χ0v) is 9.01. The summed E-state index contributed by atoms with van der Waals surface area (Å²) in [5.41, 5.74) is 6.55. The largest absolute Gasteiger partial charge is 0.460 e. The molecule has 1 heterocycles. The number of esters is 1. The van der Waals surface area contributed by atoms with Gasteiger partial charge in [-0.25, -0.2) is 0 Å². The molecule has 1 aromatic rings. The van der Waals surface area contributed by atoms with Crippen LogP contribution in [0.4, 0.5) is 0 Å². The molecule has 0 radical (unpaired) electrons. The van der Waals surface area contributed by atoms with Gasteiger partial charge in [-0.15, -0.1) is 0 Å². The first-order chi connectivity index (χ1) is 7.11. The Hall–Kier alpha value is -1.42. The van der Waals surface area contributed by atoms with Crippen LogP contribution in [-0.4, -0.2) is 17.0 Å². The lowest BCUT2D eigenvalue weighted by molar-refractivity contribution is -0.147. The number of nitrogens with two attached hydrogens (primary N) is 1. The number of ether oxygens (including phenoxy) is 1. The van der Waals surface area contributed by atoms with E-state index in [0.717, 1.165) is 5.56 Å². The van der Waals surface area contributed by atoms with Crippen molar-refractivity contribution >= 4 is 5.97 Å². The van der Waals surface area contributed by atoms with Crippen LogP contribution in [0.1, 0.15) is 19.4 Å². The van der Waals surface area contributed by atoms with Crippen molar-refractivity contribution in [2.75, 3.05) is 0 Å². The smallest absolute Gasteiger partial charge is 0.323 e. The predicted octanol–water partition coefficient (Wildman–Crippen LogP) is 1.11. The van der Waals surface area contributed by atoms with Gasteiger partial charge in [-0.05, 0) is 23.6 Å². The molecule has 1 rings (SSSR count). The Labute approximate surface area is 89.5 Å². The van der Waals surface area contributed by atoms with Gasteiger partial charge in [0.05, 0.1) is 0 Å². The second-order valence-corrected chi connectivity index (χ2v) is 3.73. The van der Waals surface area contributed by atoms with Gasteiger partial charge in [-0.3, -0.25) is 9.78 Å². The Balaban J connectivity index is 2.41. The van der Waals surface area contributed by atoms with Gasteiger partial charge in [0.25, 0.3) is 0 Å². The molecule has 1 aromatic heterocycles. The summed E-state index contributed by atoms with van der Waals surface area (Å²) in [6, 6.07) is 3.05. The van der Waals surface area contributed by atoms with Crippen LogP contribution < -0.4 is 5.73 Å². The highest BCUT2D eigenvalue weighted by Crippen LogP contribution is 2.04. The first-order valence-electron chi connectivity index (χ1n) is 4.92. The molecule has 82 valence electrons. The van der Waals surface area contributed by atoms with Crippen molar-refractivity contribution in [2.45, 2.75) is 26.5 Å². The summed E-state index contributed by atoms with van der Waals surface area (Å²) in [5, 5.41) is 0. The molecule has 0 saturated carbocycles. The summed E-state index contributed by atoms with van der Waals surface area (Å²) < 4.78 is 5.06. The van der Waals surface area contributed by atoms with Crippen LogP contribution in [0.5, 0.6) is 0 Å². The molecule has 0 spiro atoms. The van der Waals surface area contributed by atoms with E-state index in [0.29, 0.717) is 0 Å². The first kappa shape index (κ1) is 11.7. The highest BCUT2D eigenvalue weighted by molar-refractivity contribution is 5.75. The molecule has 0 saturated heterocycles. The van der Waals surface area contributed by atoms with Crippen LogP contribution in [0.15, 0.2) is 24.5 Å². The fourth-order valence-electron chi connectivity index (χ4n) is 1.00. The van der Waals surface area contributed by atoms with Crippen molar-refractivity contribution < 1.29 is 9.53 Å². The summed E-state index contributed by atoms with van der Waals surface area (Å²) >= 11 is 0. The van der Waals surface area contributed by atoms with Crippen LogP contribution in [-0.2, 0) is 16.1 Å². The van der Waals surface area contributed by atoms with E-state index in [1.807, 2.05) is 13.8 Å². The van der Waals surface area contributed by atoms with Gasteiger partial charge in [0.2, 0.25) is 0 Å². The number of nitrogens with zero attached hydrogens (tertiary/aromatic N) is 1. The molecule has 0 aliphatic carbocycles. The first-order valence-corrected chi connectivity index (χ1v) is 4.92. The van der Waals surface area contributed by atoms with Crippen LogP contribution in [0, 0.1) is 5.92 Å². The number of aromatic nitrogens is 1. The molecular weight excluding hydrogens is 192 g/mol. The predicted molar refractivity (Wildman–Crippen MR) is 56.8 cm³/mol. The molecule has 0 aliphatic heterocycles. The van der Waals surface area contributed by atoms with E-state index in [1.165, 1.54) is 0 Å². The van der Waals surface area contributed by atoms with Gasteiger partial charge in [-0.1, -0.05) is 13.8 Å². The molecule has 0 aromatic carbocycles. The number of hydrogen-bond acceptors (Lipinski definition) is 4. The maximum atomic E-state index is 11.4. The average molecular weight is 208 g/mol. The van der Waals surface area contributed by atoms with E-state index < -0.39 is 6.04 Å². The Morgan fingerprint density at radius 3 is 2.60 bits per heavy atom. The number of rotatable bonds is 4. The second-order valence-electron chi connectivity index (χ2n) is 3.73. The number of pyridine rings is 1. The molecule has 1 unspecified atom stereocenters. The molecular formula is C11H16N2O2. The summed E-state index contributed by atoms with van der Waals surface area (Å²) in [4.78, 5) is 15.3. The van der Waals surface area contributed by atoms with Crippen molar-refractivity contribution in [1.82, 2.24) is 4.98 Å². The fourth-order valence-corrected chi connectivity index (χ4v) is 1.00. The number of hydrogen-bond donors (Lipinski definition) is 1. The fraction of sp³-hybridized carbons (Fsp3) is 0.455. The van der Waals surface area contributed by atoms with Crippen molar-refractivity contribution in [2.24, 2.45) is 11.7 Å². The van der Waals surface area contributed by atoms with E-state index in [2.05, 4.69) is 4.98 Å². The van der Waals surface area contributed by atoms with Crippen molar-refractivity contribution in [1.29, 1.82) is 0 Å². The molecule has 0 bridgehead atoms. The van der Waals surface area contributed by atoms with Crippen LogP contribution in [0.2, 0.25) is 0 Å². The average Bonchev–Trinajstić information content (AvgIpc) is 2.26. The molecule has 2 N–H and O–H groups in total. The molecule has 0 fully saturated rings. The van der Waals surface area contributed by atoms with Gasteiger partial charge in [0, 0.05) is 12.4 Å². The molecule has 1 atom stereocenters. The van der Waals surface area contributed by atoms with Gasteiger partial charge in [0.15, 0.2) is 0 Å². The molecule has 0 aliphatic rings. The zero-order chi connectivity index (χ0) is 11.3. The van der Waals surface area contributed by atoms with Crippen LogP contribution in [0.3, 0.4) is 0 Å². The third-order valence-electron chi connectivity index (χ3n) is 2.12. The number of carbonyl (C=O) groups is 1. The van der Waals surface area contributed by atoms with Crippen molar-refractivity contribution in [3.05, 3.63) is 30.1 Å². The minimum atomic E-state index is -0.549. The van der Waals surface area contributed by atoms with Gasteiger partial charge >= 0.3 is 5.97 Å². The van der Waals surface area contributed by atoms with Crippen molar-refractivity contribution in [3.8, 4) is 0 Å². The molecule has 0 amide bonds. The normalized spacial score (nSPS) is 12.5. The van der Waals surface area contributed by atoms with Gasteiger partial charge in [0.1, 0.15) is 12.6 Å². The van der Waals surface area contributed by atoms with Gasteiger partial charge < -0.3 is 10.5 Å². The Morgan fingerprint density at radius 1 is 1.47 bits per heavy atom. The van der Waals surface area contributed by atoms with Crippen LogP contribution in [0.25, 0.3) is 0 Å². The highest BCUT2D eigenvalue weighted by Gasteiger charge is 2.18. The van der Waals surface area contributed by atoms with E-state index in [4.69, 9.17) is 10.5 Å². The Bertz CT molecular complexity index is 312. The SMILES string of the molecule is CC(C)C(N)C(=O)OCc1ccncc1. The highest BCUT2D eigenvalue weighted by atomic mass is 16.5. The molecule has 4 nitrogen and oxygen atoms in total. The quantitative estimate of drug-likeness (QED) is 0.753. The lowest BCUT2D eigenvalue weighted by Gasteiger charge is -2.14. The lowest BCUT2D eigenvalue weighted by Crippen LogP contribution is -2.36. The molecule has 4 heteroatoms. The molecule has 15 heavy (non-hydrogen) atoms. The van der Waals surface area contributed by atoms with E-state index >= 15 is 0 Å². The van der Waals surface area contributed by atoms with E-state index in [9.17, 15) is 4.79 Å². The second kappa shape index (κ2) is 5.46. The van der Waals surface area contributed by atoms with Crippen LogP contribution >= 0.6 is 0 Å². The maximum absolute atomic E-state index is 11.4. The minimum Gasteiger partial charge on any atom is -0.460 e. The summed E-state index contributed by atoms with van der Waals surface area (Å²) in [7, 11) is 0. The summed E-state index contributed by atoms with van der Waals surface area (Å²) in [6.07, 6.45) is 3.32. The standard InChI is InChI=1S/C11H16N2O2/c1-8(2)10(12)11(14)15-7-9-3-5-13-6-4-9/h3-6,8,10H,7,12H2,1-2H3. The minimum absolute atomic E-state index is 0.0925. The Kier molecular flexibility index (Phi) is 4.24. The zero-order valence-electron chi connectivity index (χ0n) is 9.01. The maximum Gasteiger partial charge on any atom is 0.323 e. The van der Waals surface area contributed by atoms with E-state index in [-0.39, 0.29) is 18.5 Å². The van der Waals surface area contributed by atoms with Gasteiger partial charge in [-0.2, -0.15) is 0 Å². The third kappa shape index (κ3) is 3.67. The lowest BCUT2D eigenvalue weighted by atomic mass is 10.1. The van der Waals surface area contributed by atoms with Crippen molar-refractivity contribution in [3.63, 3.8) is 0 Å². The monoisotopic (exact) mass is 208 g/mol. The number of carbonyl (C=O) groups excluding carboxylic acids is 1.